The fourth-order valence-corrected chi connectivity index (χ4v) is 3.27. The van der Waals surface area contributed by atoms with Gasteiger partial charge in [-0.1, -0.05) is 11.6 Å². The van der Waals surface area contributed by atoms with Gasteiger partial charge in [0.05, 0.1) is 12.1 Å². The predicted octanol–water partition coefficient (Wildman–Crippen LogP) is 4.65. The number of carbonyl (C=O) groups excluding carboxylic acids is 2. The summed E-state index contributed by atoms with van der Waals surface area (Å²) in [4.78, 5) is 28.4. The number of carbonyl (C=O) groups is 2. The average Bonchev–Trinajstić information content (AvgIpc) is 3.16. The van der Waals surface area contributed by atoms with Crippen molar-refractivity contribution in [2.45, 2.75) is 0 Å². The third-order valence-electron chi connectivity index (χ3n) is 3.61. The van der Waals surface area contributed by atoms with Crippen molar-refractivity contribution in [1.29, 1.82) is 0 Å². The summed E-state index contributed by atoms with van der Waals surface area (Å²) in [6, 6.07) is 10.3. The van der Waals surface area contributed by atoms with Gasteiger partial charge < -0.3 is 9.47 Å². The van der Waals surface area contributed by atoms with E-state index in [0.29, 0.717) is 21.9 Å². The van der Waals surface area contributed by atoms with Gasteiger partial charge in [0.15, 0.2) is 18.1 Å². The second-order valence-electron chi connectivity index (χ2n) is 5.39. The molecule has 0 fully saturated rings. The molecule has 0 N–H and O–H groups in total. The van der Waals surface area contributed by atoms with Gasteiger partial charge in [-0.15, -0.1) is 11.3 Å². The molecule has 0 aliphatic heterocycles. The van der Waals surface area contributed by atoms with Crippen LogP contribution in [-0.2, 0) is 4.74 Å². The van der Waals surface area contributed by atoms with E-state index in [0.717, 1.165) is 0 Å². The maximum atomic E-state index is 13.0. The number of halogens is 2. The lowest BCUT2D eigenvalue weighted by molar-refractivity contribution is 0.0470. The van der Waals surface area contributed by atoms with Crippen LogP contribution in [0.3, 0.4) is 0 Å². The van der Waals surface area contributed by atoms with Crippen LogP contribution in [0.4, 0.5) is 4.39 Å². The maximum Gasteiger partial charge on any atom is 0.358 e. The first-order chi connectivity index (χ1) is 13.0. The number of aromatic nitrogens is 1. The molecule has 0 amide bonds. The molecule has 0 aliphatic rings. The van der Waals surface area contributed by atoms with Crippen molar-refractivity contribution in [3.8, 4) is 16.3 Å². The van der Waals surface area contributed by atoms with Crippen molar-refractivity contribution >= 4 is 34.7 Å². The zero-order valence-corrected chi connectivity index (χ0v) is 15.6. The van der Waals surface area contributed by atoms with Crippen LogP contribution in [0.15, 0.2) is 47.8 Å². The molecular weight excluding hydrogens is 393 g/mol. The van der Waals surface area contributed by atoms with Gasteiger partial charge in [-0.05, 0) is 42.5 Å². The van der Waals surface area contributed by atoms with Gasteiger partial charge in [0.2, 0.25) is 0 Å². The van der Waals surface area contributed by atoms with E-state index < -0.39 is 18.4 Å². The number of Topliss-reactive ketones (excluding diaryl/α,β-unsaturated/α-hetero) is 1. The number of hydrogen-bond acceptors (Lipinski definition) is 6. The Bertz CT molecular complexity index is 988. The predicted molar refractivity (Wildman–Crippen MR) is 100 cm³/mol. The van der Waals surface area contributed by atoms with Crippen LogP contribution < -0.4 is 4.74 Å². The van der Waals surface area contributed by atoms with Gasteiger partial charge in [-0.3, -0.25) is 4.79 Å². The molecular formula is C19H13ClFNO4S. The molecule has 27 heavy (non-hydrogen) atoms. The van der Waals surface area contributed by atoms with E-state index in [1.54, 1.807) is 18.2 Å². The Morgan fingerprint density at radius 1 is 1.19 bits per heavy atom. The minimum Gasteiger partial charge on any atom is -0.495 e. The van der Waals surface area contributed by atoms with E-state index in [1.165, 1.54) is 48.1 Å². The molecule has 0 radical (unpaired) electrons. The van der Waals surface area contributed by atoms with Crippen molar-refractivity contribution < 1.29 is 23.5 Å². The first-order valence-electron chi connectivity index (χ1n) is 7.73. The zero-order chi connectivity index (χ0) is 19.4. The number of benzene rings is 2. The Labute approximate surface area is 163 Å². The Morgan fingerprint density at radius 2 is 1.93 bits per heavy atom. The summed E-state index contributed by atoms with van der Waals surface area (Å²) >= 11 is 7.21. The lowest BCUT2D eigenvalue weighted by Gasteiger charge is -2.06. The van der Waals surface area contributed by atoms with Crippen LogP contribution in [0, 0.1) is 5.82 Å². The number of nitrogens with zero attached hydrogens (tertiary/aromatic N) is 1. The van der Waals surface area contributed by atoms with Crippen LogP contribution in [0.5, 0.6) is 5.75 Å². The van der Waals surface area contributed by atoms with E-state index in [9.17, 15) is 14.0 Å². The minimum atomic E-state index is -0.715. The van der Waals surface area contributed by atoms with Crippen LogP contribution in [0.1, 0.15) is 20.8 Å². The Hall–Kier alpha value is -2.77. The number of rotatable bonds is 6. The first-order valence-corrected chi connectivity index (χ1v) is 8.99. The molecule has 3 rings (SSSR count). The molecule has 8 heteroatoms. The zero-order valence-electron chi connectivity index (χ0n) is 14.1. The van der Waals surface area contributed by atoms with Crippen molar-refractivity contribution in [3.63, 3.8) is 0 Å². The number of methoxy groups -OCH3 is 1. The quantitative estimate of drug-likeness (QED) is 0.441. The van der Waals surface area contributed by atoms with E-state index in [4.69, 9.17) is 21.1 Å². The molecule has 0 unspecified atom stereocenters. The molecule has 0 atom stereocenters. The third kappa shape index (κ3) is 4.50. The lowest BCUT2D eigenvalue weighted by Crippen LogP contribution is -2.14. The molecule has 1 aromatic heterocycles. The summed E-state index contributed by atoms with van der Waals surface area (Å²) in [7, 11) is 1.47. The summed E-state index contributed by atoms with van der Waals surface area (Å²) in [6.45, 7) is -0.440. The minimum absolute atomic E-state index is 0.0832. The highest BCUT2D eigenvalue weighted by Crippen LogP contribution is 2.26. The van der Waals surface area contributed by atoms with Crippen molar-refractivity contribution in [1.82, 2.24) is 4.98 Å². The van der Waals surface area contributed by atoms with Crippen LogP contribution in [-0.4, -0.2) is 30.5 Å². The van der Waals surface area contributed by atoms with E-state index in [1.807, 2.05) is 0 Å². The molecule has 3 aromatic rings. The summed E-state index contributed by atoms with van der Waals surface area (Å²) in [6.07, 6.45) is 0. The Morgan fingerprint density at radius 3 is 2.59 bits per heavy atom. The van der Waals surface area contributed by atoms with Gasteiger partial charge in [-0.25, -0.2) is 14.2 Å². The largest absolute Gasteiger partial charge is 0.495 e. The van der Waals surface area contributed by atoms with E-state index in [2.05, 4.69) is 4.98 Å². The fraction of sp³-hybridized carbons (Fsp3) is 0.105. The lowest BCUT2D eigenvalue weighted by atomic mass is 10.1. The topological polar surface area (TPSA) is 65.5 Å². The number of ether oxygens (including phenoxy) is 2. The maximum absolute atomic E-state index is 13.0. The number of esters is 1. The number of hydrogen-bond donors (Lipinski definition) is 0. The molecule has 0 bridgehead atoms. The van der Waals surface area contributed by atoms with Gasteiger partial charge in [0.1, 0.15) is 16.6 Å². The summed E-state index contributed by atoms with van der Waals surface area (Å²) < 4.78 is 23.0. The molecule has 2 aromatic carbocycles. The van der Waals surface area contributed by atoms with Gasteiger partial charge in [-0.2, -0.15) is 0 Å². The summed E-state index contributed by atoms with van der Waals surface area (Å²) in [5.74, 6) is -1.03. The van der Waals surface area contributed by atoms with Crippen molar-refractivity contribution in [2.24, 2.45) is 0 Å². The highest BCUT2D eigenvalue weighted by molar-refractivity contribution is 7.13. The summed E-state index contributed by atoms with van der Waals surface area (Å²) in [5, 5.41) is 2.36. The molecule has 0 saturated carbocycles. The molecule has 138 valence electrons. The standard InChI is InChI=1S/C19H13ClFNO4S/c1-25-17-7-4-12(8-14(17)20)16(23)9-26-19(24)15-10-27-18(22-15)11-2-5-13(21)6-3-11/h2-8,10H,9H2,1H3. The van der Waals surface area contributed by atoms with Gasteiger partial charge >= 0.3 is 5.97 Å². The van der Waals surface area contributed by atoms with Gasteiger partial charge in [0.25, 0.3) is 0 Å². The smallest absolute Gasteiger partial charge is 0.358 e. The molecule has 0 spiro atoms. The number of thiazole rings is 1. The molecule has 1 heterocycles. The second kappa shape index (κ2) is 8.28. The van der Waals surface area contributed by atoms with Crippen LogP contribution >= 0.6 is 22.9 Å². The number of ketones is 1. The van der Waals surface area contributed by atoms with Gasteiger partial charge in [0, 0.05) is 16.5 Å². The van der Waals surface area contributed by atoms with E-state index in [-0.39, 0.29) is 16.5 Å². The van der Waals surface area contributed by atoms with E-state index >= 15 is 0 Å². The SMILES string of the molecule is COc1ccc(C(=O)COC(=O)c2csc(-c3ccc(F)cc3)n2)cc1Cl. The monoisotopic (exact) mass is 405 g/mol. The van der Waals surface area contributed by atoms with Crippen molar-refractivity contribution in [2.75, 3.05) is 13.7 Å². The average molecular weight is 406 g/mol. The summed E-state index contributed by atoms with van der Waals surface area (Å²) in [5.41, 5.74) is 1.07. The van der Waals surface area contributed by atoms with Crippen LogP contribution in [0.2, 0.25) is 5.02 Å². The fourth-order valence-electron chi connectivity index (χ4n) is 2.22. The van der Waals surface area contributed by atoms with Crippen molar-refractivity contribution in [3.05, 3.63) is 69.9 Å². The first kappa shape index (κ1) is 19.0. The normalized spacial score (nSPS) is 10.5. The second-order valence-corrected chi connectivity index (χ2v) is 6.66. The third-order valence-corrected chi connectivity index (χ3v) is 4.80. The van der Waals surface area contributed by atoms with Crippen LogP contribution in [0.25, 0.3) is 10.6 Å². The highest BCUT2D eigenvalue weighted by atomic mass is 35.5. The molecule has 0 saturated heterocycles. The Balaban J connectivity index is 1.63. The Kier molecular flexibility index (Phi) is 5.83. The molecule has 5 nitrogen and oxygen atoms in total. The highest BCUT2D eigenvalue weighted by Gasteiger charge is 2.16. The molecule has 0 aliphatic carbocycles.